The molecular weight excluding hydrogens is 316 g/mol. The predicted molar refractivity (Wildman–Crippen MR) is 85.0 cm³/mol. The summed E-state index contributed by atoms with van der Waals surface area (Å²) in [5.41, 5.74) is 2.10. The Bertz CT molecular complexity index is 792. The van der Waals surface area contributed by atoms with Crippen LogP contribution in [0.25, 0.3) is 0 Å². The number of nitrogens with zero attached hydrogens (tertiary/aromatic N) is 5. The second-order valence-electron chi connectivity index (χ2n) is 4.98. The van der Waals surface area contributed by atoms with Gasteiger partial charge in [-0.3, -0.25) is 9.48 Å². The van der Waals surface area contributed by atoms with Crippen molar-refractivity contribution in [1.29, 1.82) is 0 Å². The van der Waals surface area contributed by atoms with Crippen LogP contribution in [0.15, 0.2) is 42.7 Å². The fourth-order valence-electron chi connectivity index (χ4n) is 2.17. The Labute approximate surface area is 137 Å². The number of hydrogen-bond donors (Lipinski definition) is 1. The van der Waals surface area contributed by atoms with Gasteiger partial charge in [-0.25, -0.2) is 4.68 Å². The number of carbonyl (C=O) groups is 1. The van der Waals surface area contributed by atoms with E-state index in [1.54, 1.807) is 13.2 Å². The van der Waals surface area contributed by atoms with Crippen LogP contribution in [0.5, 0.6) is 0 Å². The van der Waals surface area contributed by atoms with E-state index >= 15 is 0 Å². The molecule has 2 aromatic heterocycles. The van der Waals surface area contributed by atoms with E-state index in [2.05, 4.69) is 20.5 Å². The number of benzene rings is 1. The van der Waals surface area contributed by atoms with Gasteiger partial charge in [-0.15, -0.1) is 5.10 Å². The third-order valence-electron chi connectivity index (χ3n) is 3.36. The van der Waals surface area contributed by atoms with Crippen molar-refractivity contribution in [1.82, 2.24) is 29.9 Å². The van der Waals surface area contributed by atoms with E-state index in [1.165, 1.54) is 4.68 Å². The third kappa shape index (κ3) is 3.57. The first-order chi connectivity index (χ1) is 11.1. The van der Waals surface area contributed by atoms with Crippen LogP contribution in [-0.4, -0.2) is 30.5 Å². The van der Waals surface area contributed by atoms with Crippen molar-refractivity contribution in [3.05, 3.63) is 65.0 Å². The molecule has 7 nitrogen and oxygen atoms in total. The lowest BCUT2D eigenvalue weighted by Gasteiger charge is -2.10. The molecule has 0 aliphatic carbocycles. The minimum atomic E-state index is -0.360. The molecule has 1 N–H and O–H groups in total. The maximum Gasteiger partial charge on any atom is 0.291 e. The van der Waals surface area contributed by atoms with E-state index in [0.717, 1.165) is 11.1 Å². The van der Waals surface area contributed by atoms with Crippen molar-refractivity contribution >= 4 is 17.5 Å². The Balaban J connectivity index is 1.69. The minimum absolute atomic E-state index is 0.0575. The highest BCUT2D eigenvalue weighted by Gasteiger charge is 2.14. The first-order valence-electron chi connectivity index (χ1n) is 7.02. The van der Waals surface area contributed by atoms with E-state index in [9.17, 15) is 4.79 Å². The monoisotopic (exact) mass is 330 g/mol. The number of nitrogens with one attached hydrogen (secondary N) is 1. The Kier molecular flexibility index (Phi) is 4.38. The fourth-order valence-corrected chi connectivity index (χ4v) is 2.29. The minimum Gasteiger partial charge on any atom is -0.345 e. The lowest BCUT2D eigenvalue weighted by molar-refractivity contribution is 0.0940. The van der Waals surface area contributed by atoms with Gasteiger partial charge in [-0.2, -0.15) is 10.1 Å². The first-order valence-corrected chi connectivity index (χ1v) is 7.40. The summed E-state index contributed by atoms with van der Waals surface area (Å²) in [5.74, 6) is -0.302. The molecule has 0 fully saturated rings. The zero-order valence-corrected chi connectivity index (χ0v) is 13.2. The summed E-state index contributed by atoms with van der Waals surface area (Å²) >= 11 is 5.80. The molecule has 118 valence electrons. The highest BCUT2D eigenvalue weighted by Crippen LogP contribution is 2.11. The number of rotatable bonds is 5. The van der Waals surface area contributed by atoms with Gasteiger partial charge in [0.15, 0.2) is 0 Å². The summed E-state index contributed by atoms with van der Waals surface area (Å²) in [6.07, 6.45) is 3.63. The van der Waals surface area contributed by atoms with Gasteiger partial charge in [-0.1, -0.05) is 24.3 Å². The third-order valence-corrected chi connectivity index (χ3v) is 3.69. The van der Waals surface area contributed by atoms with Crippen LogP contribution in [0.4, 0.5) is 0 Å². The molecule has 0 spiro atoms. The highest BCUT2D eigenvalue weighted by molar-refractivity contribution is 6.28. The number of aryl methyl sites for hydroxylation is 1. The largest absolute Gasteiger partial charge is 0.345 e. The average molecular weight is 331 g/mol. The van der Waals surface area contributed by atoms with Gasteiger partial charge in [0.05, 0.1) is 6.54 Å². The first kappa shape index (κ1) is 15.2. The Morgan fingerprint density at radius 1 is 1.26 bits per heavy atom. The Hall–Kier alpha value is -2.67. The van der Waals surface area contributed by atoms with Crippen LogP contribution >= 0.6 is 11.6 Å². The number of amides is 1. The van der Waals surface area contributed by atoms with Crippen LogP contribution in [0.3, 0.4) is 0 Å². The molecule has 2 heterocycles. The summed E-state index contributed by atoms with van der Waals surface area (Å²) in [5, 5.41) is 11.1. The summed E-state index contributed by atoms with van der Waals surface area (Å²) in [4.78, 5) is 16.0. The van der Waals surface area contributed by atoms with E-state index in [-0.39, 0.29) is 17.0 Å². The topological polar surface area (TPSA) is 77.6 Å². The molecule has 3 aromatic rings. The van der Waals surface area contributed by atoms with E-state index in [0.29, 0.717) is 13.1 Å². The van der Waals surface area contributed by atoms with Crippen LogP contribution in [0.1, 0.15) is 21.7 Å². The SMILES string of the molecule is Cn1nc(C(=O)NCc2ccccc2Cn2cccn2)nc1Cl. The lowest BCUT2D eigenvalue weighted by Crippen LogP contribution is -2.25. The number of aromatic nitrogens is 5. The molecular formula is C15H15ClN6O. The lowest BCUT2D eigenvalue weighted by atomic mass is 10.1. The quantitative estimate of drug-likeness (QED) is 0.771. The molecule has 0 radical (unpaired) electrons. The van der Waals surface area contributed by atoms with Crippen molar-refractivity contribution in [2.45, 2.75) is 13.1 Å². The molecule has 0 aliphatic rings. The number of carbonyl (C=O) groups excluding carboxylic acids is 1. The van der Waals surface area contributed by atoms with Crippen molar-refractivity contribution in [3.8, 4) is 0 Å². The van der Waals surface area contributed by atoms with E-state index < -0.39 is 0 Å². The second kappa shape index (κ2) is 6.62. The molecule has 8 heteroatoms. The van der Waals surface area contributed by atoms with Crippen molar-refractivity contribution in [2.75, 3.05) is 0 Å². The predicted octanol–water partition coefficient (Wildman–Crippen LogP) is 1.64. The van der Waals surface area contributed by atoms with Crippen LogP contribution < -0.4 is 5.32 Å². The molecule has 3 rings (SSSR count). The van der Waals surface area contributed by atoms with Gasteiger partial charge < -0.3 is 5.32 Å². The Morgan fingerprint density at radius 3 is 2.70 bits per heavy atom. The van der Waals surface area contributed by atoms with Gasteiger partial charge in [0.1, 0.15) is 0 Å². The fraction of sp³-hybridized carbons (Fsp3) is 0.200. The second-order valence-corrected chi connectivity index (χ2v) is 5.32. The van der Waals surface area contributed by atoms with Gasteiger partial charge >= 0.3 is 0 Å². The summed E-state index contributed by atoms with van der Waals surface area (Å²) in [6.45, 7) is 1.03. The van der Waals surface area contributed by atoms with Gasteiger partial charge in [0.2, 0.25) is 11.1 Å². The zero-order valence-electron chi connectivity index (χ0n) is 12.5. The highest BCUT2D eigenvalue weighted by atomic mass is 35.5. The zero-order chi connectivity index (χ0) is 16.2. The van der Waals surface area contributed by atoms with Crippen LogP contribution in [-0.2, 0) is 20.1 Å². The molecule has 0 unspecified atom stereocenters. The maximum atomic E-state index is 12.1. The normalized spacial score (nSPS) is 10.7. The number of hydrogen-bond acceptors (Lipinski definition) is 4. The van der Waals surface area contributed by atoms with Crippen LogP contribution in [0, 0.1) is 0 Å². The van der Waals surface area contributed by atoms with Crippen molar-refractivity contribution in [2.24, 2.45) is 7.05 Å². The molecule has 1 aromatic carbocycles. The van der Waals surface area contributed by atoms with Crippen molar-refractivity contribution < 1.29 is 4.79 Å². The smallest absolute Gasteiger partial charge is 0.291 e. The average Bonchev–Trinajstić information content (AvgIpc) is 3.17. The Morgan fingerprint density at radius 2 is 2.04 bits per heavy atom. The van der Waals surface area contributed by atoms with E-state index in [1.807, 2.05) is 41.2 Å². The summed E-state index contributed by atoms with van der Waals surface area (Å²) in [7, 11) is 1.63. The summed E-state index contributed by atoms with van der Waals surface area (Å²) < 4.78 is 3.18. The van der Waals surface area contributed by atoms with Crippen LogP contribution in [0.2, 0.25) is 5.28 Å². The van der Waals surface area contributed by atoms with Gasteiger partial charge in [-0.05, 0) is 28.8 Å². The molecule has 23 heavy (non-hydrogen) atoms. The van der Waals surface area contributed by atoms with Gasteiger partial charge in [0, 0.05) is 26.0 Å². The van der Waals surface area contributed by atoms with Crippen molar-refractivity contribution in [3.63, 3.8) is 0 Å². The summed E-state index contributed by atoms with van der Waals surface area (Å²) in [6, 6.07) is 9.76. The maximum absolute atomic E-state index is 12.1. The molecule has 0 aliphatic heterocycles. The number of halogens is 1. The van der Waals surface area contributed by atoms with Gasteiger partial charge in [0.25, 0.3) is 5.91 Å². The molecule has 0 saturated carbocycles. The molecule has 0 bridgehead atoms. The van der Waals surface area contributed by atoms with E-state index in [4.69, 9.17) is 11.6 Å². The molecule has 1 amide bonds. The molecule has 0 atom stereocenters. The molecule has 0 saturated heterocycles. The standard InChI is InChI=1S/C15H15ClN6O/c1-21-15(16)19-13(20-21)14(23)17-9-11-5-2-3-6-12(11)10-22-8-4-7-18-22/h2-8H,9-10H2,1H3,(H,17,23).